The number of nitrogens with one attached hydrogen (secondary N) is 2. The summed E-state index contributed by atoms with van der Waals surface area (Å²) in [5, 5.41) is 6.28. The predicted molar refractivity (Wildman–Crippen MR) is 121 cm³/mol. The maximum absolute atomic E-state index is 12.4. The summed E-state index contributed by atoms with van der Waals surface area (Å²) in [4.78, 5) is 12.4. The Hall–Kier alpha value is -2.03. The van der Waals surface area contributed by atoms with E-state index in [1.165, 1.54) is 7.11 Å². The zero-order chi connectivity index (χ0) is 21.6. The first-order chi connectivity index (χ1) is 13.7. The minimum Gasteiger partial charge on any atom is -0.493 e. The van der Waals surface area contributed by atoms with Crippen molar-refractivity contribution in [1.29, 1.82) is 0 Å². The largest absolute Gasteiger partial charge is 0.493 e. The number of hydrogen-bond donors (Lipinski definition) is 2. The zero-order valence-electron chi connectivity index (χ0n) is 16.5. The van der Waals surface area contributed by atoms with E-state index in [4.69, 9.17) is 38.0 Å². The summed E-state index contributed by atoms with van der Waals surface area (Å²) in [5.74, 6) is 1.42. The van der Waals surface area contributed by atoms with Crippen LogP contribution in [0.25, 0.3) is 0 Å². The van der Waals surface area contributed by atoms with Gasteiger partial charge in [-0.3, -0.25) is 10.1 Å². The zero-order valence-corrected chi connectivity index (χ0v) is 19.6. The van der Waals surface area contributed by atoms with Gasteiger partial charge in [0.25, 0.3) is 5.91 Å². The van der Waals surface area contributed by atoms with Crippen LogP contribution in [0.3, 0.4) is 0 Å². The molecule has 1 amide bonds. The summed E-state index contributed by atoms with van der Waals surface area (Å²) in [5.41, 5.74) is 1.19. The molecule has 0 saturated carbocycles. The molecule has 0 unspecified atom stereocenters. The van der Waals surface area contributed by atoms with Gasteiger partial charge in [0, 0.05) is 23.2 Å². The summed E-state index contributed by atoms with van der Waals surface area (Å²) in [6.45, 7) is 4.17. The molecule has 2 N–H and O–H groups in total. The Kier molecular flexibility index (Phi) is 8.55. The van der Waals surface area contributed by atoms with Crippen LogP contribution in [0.15, 0.2) is 34.8 Å². The van der Waals surface area contributed by atoms with Gasteiger partial charge in [-0.25, -0.2) is 0 Å². The second-order valence-electron chi connectivity index (χ2n) is 6.25. The maximum atomic E-state index is 12.4. The van der Waals surface area contributed by atoms with Crippen molar-refractivity contribution >= 4 is 50.8 Å². The molecule has 0 saturated heterocycles. The Morgan fingerprint density at radius 1 is 1.14 bits per heavy atom. The first-order valence-electron chi connectivity index (χ1n) is 8.71. The van der Waals surface area contributed by atoms with E-state index in [0.717, 1.165) is 5.56 Å². The average molecular weight is 502 g/mol. The van der Waals surface area contributed by atoms with E-state index in [2.05, 4.69) is 26.6 Å². The van der Waals surface area contributed by atoms with E-state index < -0.39 is 0 Å². The Morgan fingerprint density at radius 3 is 2.38 bits per heavy atom. The van der Waals surface area contributed by atoms with Gasteiger partial charge in [-0.2, -0.15) is 0 Å². The number of halogens is 2. The minimum absolute atomic E-state index is 0.0335. The number of thiocarbonyl (C=S) groups is 1. The lowest BCUT2D eigenvalue weighted by atomic mass is 10.2. The molecule has 6 nitrogen and oxygen atoms in total. The van der Waals surface area contributed by atoms with Crippen molar-refractivity contribution in [1.82, 2.24) is 10.6 Å². The molecule has 0 atom stereocenters. The van der Waals surface area contributed by atoms with E-state index in [1.807, 2.05) is 13.8 Å². The van der Waals surface area contributed by atoms with Crippen LogP contribution in [-0.4, -0.2) is 31.3 Å². The highest BCUT2D eigenvalue weighted by Gasteiger charge is 2.13. The Morgan fingerprint density at radius 2 is 1.79 bits per heavy atom. The number of benzene rings is 2. The molecular formula is C20H22BrClN2O4S. The van der Waals surface area contributed by atoms with Gasteiger partial charge in [-0.05, 0) is 71.8 Å². The average Bonchev–Trinajstić information content (AvgIpc) is 2.67. The van der Waals surface area contributed by atoms with E-state index >= 15 is 0 Å². The Labute approximate surface area is 189 Å². The highest BCUT2D eigenvalue weighted by atomic mass is 79.9. The molecule has 0 aliphatic heterocycles. The number of carbonyl (C=O) groups is 1. The van der Waals surface area contributed by atoms with Gasteiger partial charge >= 0.3 is 0 Å². The van der Waals surface area contributed by atoms with Crippen LogP contribution < -0.4 is 24.8 Å². The third-order valence-electron chi connectivity index (χ3n) is 3.78. The summed E-state index contributed by atoms with van der Waals surface area (Å²) in [6, 6.07) is 8.51. The molecule has 0 aliphatic rings. The molecule has 0 aromatic heterocycles. The van der Waals surface area contributed by atoms with E-state index in [0.29, 0.717) is 38.9 Å². The predicted octanol–water partition coefficient (Wildman–Crippen LogP) is 4.71. The fourth-order valence-electron chi connectivity index (χ4n) is 2.42. The van der Waals surface area contributed by atoms with Gasteiger partial charge in [0.05, 0.1) is 24.8 Å². The fraction of sp³-hybridized carbons (Fsp3) is 0.300. The van der Waals surface area contributed by atoms with Crippen molar-refractivity contribution in [2.24, 2.45) is 0 Å². The number of carbonyl (C=O) groups excluding carboxylic acids is 1. The SMILES string of the molecule is COc1cc(Cl)c(CNC(=S)NC(=O)c2ccc(OC(C)C)c(Br)c2)cc1OC. The first-order valence-corrected chi connectivity index (χ1v) is 10.3. The van der Waals surface area contributed by atoms with Gasteiger partial charge in [-0.1, -0.05) is 11.6 Å². The third kappa shape index (κ3) is 6.48. The summed E-state index contributed by atoms with van der Waals surface area (Å²) in [6.07, 6.45) is 0.0335. The summed E-state index contributed by atoms with van der Waals surface area (Å²) >= 11 is 14.9. The van der Waals surface area contributed by atoms with E-state index in [9.17, 15) is 4.79 Å². The van der Waals surface area contributed by atoms with Crippen molar-refractivity contribution in [2.75, 3.05) is 14.2 Å². The van der Waals surface area contributed by atoms with Crippen molar-refractivity contribution in [3.8, 4) is 17.2 Å². The monoisotopic (exact) mass is 500 g/mol. The second-order valence-corrected chi connectivity index (χ2v) is 7.92. The van der Waals surface area contributed by atoms with Crippen molar-refractivity contribution < 1.29 is 19.0 Å². The van der Waals surface area contributed by atoms with Crippen LogP contribution in [0.1, 0.15) is 29.8 Å². The minimum atomic E-state index is -0.335. The summed E-state index contributed by atoms with van der Waals surface area (Å²) in [7, 11) is 3.08. The molecule has 0 fully saturated rings. The van der Waals surface area contributed by atoms with Crippen LogP contribution in [0.2, 0.25) is 5.02 Å². The molecule has 0 radical (unpaired) electrons. The molecule has 0 heterocycles. The molecule has 2 aromatic rings. The van der Waals surface area contributed by atoms with Crippen molar-refractivity contribution in [3.63, 3.8) is 0 Å². The molecule has 0 aliphatic carbocycles. The molecule has 2 rings (SSSR count). The van der Waals surface area contributed by atoms with Crippen LogP contribution in [-0.2, 0) is 6.54 Å². The van der Waals surface area contributed by atoms with Crippen molar-refractivity contribution in [2.45, 2.75) is 26.5 Å². The van der Waals surface area contributed by atoms with Crippen LogP contribution in [0, 0.1) is 0 Å². The fourth-order valence-corrected chi connectivity index (χ4v) is 3.28. The van der Waals surface area contributed by atoms with Gasteiger partial charge in [0.2, 0.25) is 0 Å². The quantitative estimate of drug-likeness (QED) is 0.536. The molecule has 2 aromatic carbocycles. The lowest BCUT2D eigenvalue weighted by molar-refractivity contribution is 0.0976. The lowest BCUT2D eigenvalue weighted by Crippen LogP contribution is -2.38. The second kappa shape index (κ2) is 10.7. The topological polar surface area (TPSA) is 68.8 Å². The molecular weight excluding hydrogens is 480 g/mol. The molecule has 0 spiro atoms. The molecule has 156 valence electrons. The molecule has 0 bridgehead atoms. The maximum Gasteiger partial charge on any atom is 0.257 e. The van der Waals surface area contributed by atoms with Crippen LogP contribution in [0.4, 0.5) is 0 Å². The molecule has 29 heavy (non-hydrogen) atoms. The van der Waals surface area contributed by atoms with Gasteiger partial charge < -0.3 is 19.5 Å². The summed E-state index contributed by atoms with van der Waals surface area (Å²) < 4.78 is 16.8. The highest BCUT2D eigenvalue weighted by molar-refractivity contribution is 9.10. The van der Waals surface area contributed by atoms with Crippen LogP contribution in [0.5, 0.6) is 17.2 Å². The standard InChI is InChI=1S/C20H22BrClN2O4S/c1-11(2)28-16-6-5-12(7-14(16)21)19(25)24-20(29)23-10-13-8-17(26-3)18(27-4)9-15(13)22/h5-9,11H,10H2,1-4H3,(H2,23,24,25,29). The van der Waals surface area contributed by atoms with E-state index in [-0.39, 0.29) is 17.1 Å². The Bertz CT molecular complexity index is 908. The van der Waals surface area contributed by atoms with Gasteiger partial charge in [0.1, 0.15) is 5.75 Å². The number of methoxy groups -OCH3 is 2. The highest BCUT2D eigenvalue weighted by Crippen LogP contribution is 2.33. The van der Waals surface area contributed by atoms with E-state index in [1.54, 1.807) is 37.4 Å². The number of amides is 1. The normalized spacial score (nSPS) is 10.4. The number of rotatable bonds is 7. The first kappa shape index (κ1) is 23.3. The van der Waals surface area contributed by atoms with Gasteiger partial charge in [-0.15, -0.1) is 0 Å². The lowest BCUT2D eigenvalue weighted by Gasteiger charge is -2.14. The number of ether oxygens (including phenoxy) is 3. The smallest absolute Gasteiger partial charge is 0.257 e. The Balaban J connectivity index is 1.99. The number of hydrogen-bond acceptors (Lipinski definition) is 5. The molecule has 9 heteroatoms. The third-order valence-corrected chi connectivity index (χ3v) is 4.99. The van der Waals surface area contributed by atoms with Crippen LogP contribution >= 0.6 is 39.7 Å². The van der Waals surface area contributed by atoms with Crippen molar-refractivity contribution in [3.05, 3.63) is 51.0 Å². The van der Waals surface area contributed by atoms with Gasteiger partial charge in [0.15, 0.2) is 16.6 Å².